The van der Waals surface area contributed by atoms with Gasteiger partial charge in [-0.15, -0.1) is 0 Å². The lowest BCUT2D eigenvalue weighted by molar-refractivity contribution is -0.870. The molecule has 406 valence electrons. The van der Waals surface area contributed by atoms with Crippen LogP contribution in [0.4, 0.5) is 0 Å². The van der Waals surface area contributed by atoms with Gasteiger partial charge in [-0.1, -0.05) is 296 Å². The van der Waals surface area contributed by atoms with Gasteiger partial charge in [0.05, 0.1) is 39.9 Å². The maximum absolute atomic E-state index is 12.9. The number of allylic oxidation sites excluding steroid dienone is 1. The third-order valence-electron chi connectivity index (χ3n) is 14.0. The average Bonchev–Trinajstić information content (AvgIpc) is 3.30. The smallest absolute Gasteiger partial charge is 0.268 e. The van der Waals surface area contributed by atoms with E-state index in [-0.39, 0.29) is 19.1 Å². The topological polar surface area (TPSA) is 108 Å². The lowest BCUT2D eigenvalue weighted by atomic mass is 10.0. The van der Waals surface area contributed by atoms with Gasteiger partial charge in [0.15, 0.2) is 0 Å². The van der Waals surface area contributed by atoms with Crippen molar-refractivity contribution >= 4 is 13.7 Å². The number of hydrogen-bond donors (Lipinski definition) is 2. The van der Waals surface area contributed by atoms with Crippen molar-refractivity contribution in [2.75, 3.05) is 40.9 Å². The molecule has 9 heteroatoms. The maximum atomic E-state index is 12.9. The van der Waals surface area contributed by atoms with Crippen molar-refractivity contribution in [1.29, 1.82) is 0 Å². The van der Waals surface area contributed by atoms with Crippen LogP contribution in [0.25, 0.3) is 0 Å². The lowest BCUT2D eigenvalue weighted by Gasteiger charge is -2.29. The molecule has 0 saturated heterocycles. The van der Waals surface area contributed by atoms with E-state index in [2.05, 4.69) is 19.2 Å². The summed E-state index contributed by atoms with van der Waals surface area (Å²) in [7, 11) is 1.28. The highest BCUT2D eigenvalue weighted by Gasteiger charge is 2.23. The molecule has 8 nitrogen and oxygen atoms in total. The first-order chi connectivity index (χ1) is 33.0. The summed E-state index contributed by atoms with van der Waals surface area (Å²) in [6, 6.07) is -0.882. The molecule has 0 aromatic carbocycles. The Morgan fingerprint density at radius 3 is 1.10 bits per heavy atom. The van der Waals surface area contributed by atoms with E-state index in [0.717, 1.165) is 38.5 Å². The van der Waals surface area contributed by atoms with Crippen LogP contribution < -0.4 is 10.2 Å². The van der Waals surface area contributed by atoms with Gasteiger partial charge in [0.25, 0.3) is 7.82 Å². The lowest BCUT2D eigenvalue weighted by Crippen LogP contribution is -2.45. The van der Waals surface area contributed by atoms with Crippen LogP contribution in [0.2, 0.25) is 0 Å². The Morgan fingerprint density at radius 1 is 0.500 bits per heavy atom. The third-order valence-corrected chi connectivity index (χ3v) is 15.0. The Kier molecular flexibility index (Phi) is 50.6. The van der Waals surface area contributed by atoms with Gasteiger partial charge in [0.2, 0.25) is 5.91 Å². The van der Waals surface area contributed by atoms with Crippen molar-refractivity contribution in [3.05, 3.63) is 12.2 Å². The van der Waals surface area contributed by atoms with E-state index in [1.165, 1.54) is 250 Å². The fourth-order valence-electron chi connectivity index (χ4n) is 9.27. The predicted octanol–water partition coefficient (Wildman–Crippen LogP) is 17.6. The Hall–Kier alpha value is -0.760. The molecule has 0 aliphatic heterocycles. The molecular weight excluding hydrogens is 864 g/mol. The molecule has 0 aromatic rings. The number of aliphatic hydroxyl groups is 1. The molecule has 0 heterocycles. The molecule has 0 radical (unpaired) electrons. The molecule has 3 atom stereocenters. The third kappa shape index (κ3) is 53.0. The van der Waals surface area contributed by atoms with Crippen LogP contribution in [-0.4, -0.2) is 68.5 Å². The number of phosphoric ester groups is 1. The molecule has 0 aliphatic carbocycles. The summed E-state index contributed by atoms with van der Waals surface area (Å²) >= 11 is 0. The number of aliphatic hydroxyl groups excluding tert-OH is 1. The summed E-state index contributed by atoms with van der Waals surface area (Å²) in [6.45, 7) is 4.70. The SMILES string of the molecule is CCCCCCCCCCCCCCCCCCCCCCCCCCCCCCC/C=C/C(O)C(COP(=O)([O-])OCC[N+](C)(C)C)NC(=O)CCCCCCCCCCCCCCCCC. The average molecular weight is 984 g/mol. The number of amides is 1. The molecule has 0 rings (SSSR count). The molecule has 0 bridgehead atoms. The predicted molar refractivity (Wildman–Crippen MR) is 293 cm³/mol. The summed E-state index contributed by atoms with van der Waals surface area (Å²) in [5.74, 6) is -0.191. The van der Waals surface area contributed by atoms with E-state index in [1.807, 2.05) is 27.2 Å². The Morgan fingerprint density at radius 2 is 0.794 bits per heavy atom. The molecule has 68 heavy (non-hydrogen) atoms. The first-order valence-electron chi connectivity index (χ1n) is 30.1. The van der Waals surface area contributed by atoms with E-state index < -0.39 is 20.0 Å². The first-order valence-corrected chi connectivity index (χ1v) is 31.5. The fourth-order valence-corrected chi connectivity index (χ4v) is 10.00. The Bertz CT molecular complexity index is 1120. The van der Waals surface area contributed by atoms with Gasteiger partial charge in [0.1, 0.15) is 13.2 Å². The quantitative estimate of drug-likeness (QED) is 0.0272. The number of unbranched alkanes of at least 4 members (excludes halogenated alkanes) is 43. The highest BCUT2D eigenvalue weighted by atomic mass is 31.2. The van der Waals surface area contributed by atoms with Crippen LogP contribution in [0.1, 0.15) is 309 Å². The highest BCUT2D eigenvalue weighted by Crippen LogP contribution is 2.38. The number of nitrogens with zero attached hydrogens (tertiary/aromatic N) is 1. The minimum Gasteiger partial charge on any atom is -0.756 e. The summed E-state index contributed by atoms with van der Waals surface area (Å²) in [5.41, 5.74) is 0. The molecule has 0 saturated carbocycles. The van der Waals surface area contributed by atoms with Gasteiger partial charge in [-0.05, 0) is 19.3 Å². The van der Waals surface area contributed by atoms with E-state index in [4.69, 9.17) is 9.05 Å². The van der Waals surface area contributed by atoms with Crippen molar-refractivity contribution in [3.63, 3.8) is 0 Å². The summed E-state index contributed by atoms with van der Waals surface area (Å²) in [5, 5.41) is 13.9. The number of hydrogen-bond acceptors (Lipinski definition) is 6. The second kappa shape index (κ2) is 51.2. The van der Waals surface area contributed by atoms with Crippen molar-refractivity contribution in [2.45, 2.75) is 321 Å². The molecule has 0 spiro atoms. The monoisotopic (exact) mass is 983 g/mol. The van der Waals surface area contributed by atoms with E-state index in [9.17, 15) is 19.4 Å². The van der Waals surface area contributed by atoms with E-state index in [0.29, 0.717) is 17.4 Å². The zero-order valence-electron chi connectivity index (χ0n) is 46.3. The summed E-state index contributed by atoms with van der Waals surface area (Å²) in [6.07, 6.45) is 63.0. The van der Waals surface area contributed by atoms with Crippen LogP contribution >= 0.6 is 7.82 Å². The van der Waals surface area contributed by atoms with Gasteiger partial charge >= 0.3 is 0 Å². The second-order valence-electron chi connectivity index (χ2n) is 22.1. The minimum absolute atomic E-state index is 0.00262. The van der Waals surface area contributed by atoms with Gasteiger partial charge in [-0.3, -0.25) is 9.36 Å². The Labute approximate surface area is 424 Å². The number of phosphoric acid groups is 1. The number of likely N-dealkylation sites (N-methyl/N-ethyl adjacent to an activating group) is 1. The Balaban J connectivity index is 4.05. The van der Waals surface area contributed by atoms with Crippen molar-refractivity contribution in [2.24, 2.45) is 0 Å². The van der Waals surface area contributed by atoms with Crippen LogP contribution in [0.3, 0.4) is 0 Å². The summed E-state index contributed by atoms with van der Waals surface area (Å²) in [4.78, 5) is 25.5. The highest BCUT2D eigenvalue weighted by molar-refractivity contribution is 7.45. The standard InChI is InChI=1S/C59H119N2O6P/c1-6-8-10-12-14-16-18-20-22-23-24-25-26-27-28-29-30-31-32-33-34-35-36-37-39-40-42-44-46-48-50-52-58(62)57(56-67-68(64,65)66-55-54-61(3,4)5)60-59(63)53-51-49-47-45-43-41-38-21-19-17-15-13-11-9-7-2/h50,52,57-58,62H,6-49,51,53-56H2,1-5H3,(H-,60,63,64,65)/b52-50+. The largest absolute Gasteiger partial charge is 0.756 e. The van der Waals surface area contributed by atoms with Crippen LogP contribution in [0, 0.1) is 0 Å². The molecule has 3 unspecified atom stereocenters. The number of nitrogens with one attached hydrogen (secondary N) is 1. The summed E-state index contributed by atoms with van der Waals surface area (Å²) < 4.78 is 23.3. The maximum Gasteiger partial charge on any atom is 0.268 e. The normalized spacial score (nSPS) is 13.9. The number of rotatable bonds is 56. The number of carbonyl (C=O) groups excluding carboxylic acids is 1. The number of quaternary nitrogens is 1. The van der Waals surface area contributed by atoms with Crippen LogP contribution in [0.5, 0.6) is 0 Å². The molecule has 0 fully saturated rings. The van der Waals surface area contributed by atoms with Gasteiger partial charge in [-0.2, -0.15) is 0 Å². The second-order valence-corrected chi connectivity index (χ2v) is 23.5. The van der Waals surface area contributed by atoms with Crippen LogP contribution in [-0.2, 0) is 18.4 Å². The van der Waals surface area contributed by atoms with Crippen molar-refractivity contribution < 1.29 is 32.9 Å². The van der Waals surface area contributed by atoms with E-state index >= 15 is 0 Å². The van der Waals surface area contributed by atoms with E-state index in [1.54, 1.807) is 6.08 Å². The fraction of sp³-hybridized carbons (Fsp3) is 0.949. The first kappa shape index (κ1) is 67.2. The molecule has 0 aromatic heterocycles. The van der Waals surface area contributed by atoms with Crippen LogP contribution in [0.15, 0.2) is 12.2 Å². The zero-order chi connectivity index (χ0) is 49.9. The molecule has 1 amide bonds. The molecular formula is C59H119N2O6P. The number of carbonyl (C=O) groups is 1. The van der Waals surface area contributed by atoms with Gasteiger partial charge in [0, 0.05) is 6.42 Å². The molecule has 2 N–H and O–H groups in total. The van der Waals surface area contributed by atoms with Crippen molar-refractivity contribution in [3.8, 4) is 0 Å². The van der Waals surface area contributed by atoms with Gasteiger partial charge < -0.3 is 28.8 Å². The molecule has 0 aliphatic rings. The van der Waals surface area contributed by atoms with Gasteiger partial charge in [-0.25, -0.2) is 0 Å². The zero-order valence-corrected chi connectivity index (χ0v) is 47.2. The van der Waals surface area contributed by atoms with Crippen molar-refractivity contribution in [1.82, 2.24) is 5.32 Å². The minimum atomic E-state index is -4.59.